The van der Waals surface area contributed by atoms with E-state index in [-0.39, 0.29) is 27.1 Å². The van der Waals surface area contributed by atoms with E-state index in [2.05, 4.69) is 158 Å². The molecule has 2 aliphatic carbocycles. The van der Waals surface area contributed by atoms with Crippen LogP contribution < -0.4 is 4.74 Å². The lowest BCUT2D eigenvalue weighted by atomic mass is 9.77. The summed E-state index contributed by atoms with van der Waals surface area (Å²) in [5.41, 5.74) is 16.1. The molecule has 4 aromatic carbocycles. The average molecular weight is 599 g/mol. The van der Waals surface area contributed by atoms with Gasteiger partial charge in [0, 0.05) is 16.5 Å². The highest BCUT2D eigenvalue weighted by Crippen LogP contribution is 2.56. The molecule has 0 amide bonds. The van der Waals surface area contributed by atoms with E-state index >= 15 is 0 Å². The van der Waals surface area contributed by atoms with Crippen LogP contribution in [0.5, 0.6) is 11.5 Å². The Morgan fingerprint density at radius 2 is 0.911 bits per heavy atom. The van der Waals surface area contributed by atoms with Crippen molar-refractivity contribution in [2.75, 3.05) is 0 Å². The summed E-state index contributed by atoms with van der Waals surface area (Å²) in [4.78, 5) is 0. The van der Waals surface area contributed by atoms with E-state index in [1.807, 2.05) is 0 Å². The zero-order valence-corrected chi connectivity index (χ0v) is 30.4. The van der Waals surface area contributed by atoms with Crippen LogP contribution in [0.1, 0.15) is 141 Å². The minimum absolute atomic E-state index is 0.00559. The van der Waals surface area contributed by atoms with Crippen LogP contribution in [-0.4, -0.2) is 0 Å². The second-order valence-electron chi connectivity index (χ2n) is 18.4. The Balaban J connectivity index is 1.60. The number of fused-ring (bicyclic) bond motifs is 6. The van der Waals surface area contributed by atoms with E-state index in [0.717, 1.165) is 17.9 Å². The van der Waals surface area contributed by atoms with Crippen LogP contribution in [0.25, 0.3) is 22.3 Å². The molecule has 0 N–H and O–H groups in total. The molecule has 0 saturated carbocycles. The Bertz CT molecular complexity index is 1830. The van der Waals surface area contributed by atoms with Gasteiger partial charge in [0.1, 0.15) is 11.5 Å². The van der Waals surface area contributed by atoms with Crippen molar-refractivity contribution in [2.24, 2.45) is 0 Å². The van der Waals surface area contributed by atoms with Gasteiger partial charge in [-0.3, -0.25) is 0 Å². The Morgan fingerprint density at radius 3 is 1.47 bits per heavy atom. The summed E-state index contributed by atoms with van der Waals surface area (Å²) in [6.45, 7) is 32.5. The largest absolute Gasteiger partial charge is 0.456 e. The summed E-state index contributed by atoms with van der Waals surface area (Å²) in [6.07, 6.45) is 0.945. The summed E-state index contributed by atoms with van der Waals surface area (Å²) in [5, 5.41) is 0. The average Bonchev–Trinajstić information content (AvgIpc) is 3.38. The fourth-order valence-corrected chi connectivity index (χ4v) is 7.20. The first-order chi connectivity index (χ1) is 20.6. The predicted molar refractivity (Wildman–Crippen MR) is 194 cm³/mol. The molecule has 0 heterocycles. The van der Waals surface area contributed by atoms with E-state index in [1.165, 1.54) is 66.8 Å². The summed E-state index contributed by atoms with van der Waals surface area (Å²) in [7, 11) is 0. The highest BCUT2D eigenvalue weighted by Gasteiger charge is 2.40. The van der Waals surface area contributed by atoms with Crippen molar-refractivity contribution in [3.8, 4) is 33.8 Å². The van der Waals surface area contributed by atoms with Crippen molar-refractivity contribution >= 4 is 0 Å². The third-order valence-corrected chi connectivity index (χ3v) is 10.4. The molecular weight excluding hydrogens is 544 g/mol. The molecule has 0 saturated heterocycles. The number of hydrogen-bond donors (Lipinski definition) is 0. The van der Waals surface area contributed by atoms with Gasteiger partial charge in [-0.1, -0.05) is 145 Å². The number of rotatable bonds is 2. The molecule has 0 aromatic heterocycles. The Morgan fingerprint density at radius 1 is 0.467 bits per heavy atom. The van der Waals surface area contributed by atoms with Gasteiger partial charge in [0.25, 0.3) is 0 Å². The molecule has 45 heavy (non-hydrogen) atoms. The Labute approximate surface area is 273 Å². The lowest BCUT2D eigenvalue weighted by Crippen LogP contribution is -2.19. The van der Waals surface area contributed by atoms with E-state index in [0.29, 0.717) is 0 Å². The molecule has 0 atom stereocenters. The maximum atomic E-state index is 7.34. The molecule has 0 fully saturated rings. The van der Waals surface area contributed by atoms with Gasteiger partial charge in [0.05, 0.1) is 0 Å². The molecule has 1 heteroatoms. The second-order valence-corrected chi connectivity index (χ2v) is 18.4. The van der Waals surface area contributed by atoms with Crippen LogP contribution in [0.4, 0.5) is 0 Å². The van der Waals surface area contributed by atoms with Crippen molar-refractivity contribution in [2.45, 2.75) is 130 Å². The van der Waals surface area contributed by atoms with Crippen LogP contribution in [-0.2, 0) is 33.5 Å². The highest BCUT2D eigenvalue weighted by molar-refractivity contribution is 5.88. The van der Waals surface area contributed by atoms with E-state index < -0.39 is 0 Å². The fraction of sp³-hybridized carbons (Fsp3) is 0.455. The highest BCUT2D eigenvalue weighted by atomic mass is 16.5. The molecule has 1 nitrogen and oxygen atoms in total. The Hall–Kier alpha value is -3.32. The van der Waals surface area contributed by atoms with Gasteiger partial charge in [-0.05, 0) is 95.8 Å². The summed E-state index contributed by atoms with van der Waals surface area (Å²) in [5.74, 6) is 1.95. The van der Waals surface area contributed by atoms with Gasteiger partial charge in [-0.25, -0.2) is 0 Å². The first-order valence-electron chi connectivity index (χ1n) is 16.9. The van der Waals surface area contributed by atoms with Crippen LogP contribution in [0, 0.1) is 0 Å². The maximum absolute atomic E-state index is 7.34. The normalized spacial score (nSPS) is 15.4. The van der Waals surface area contributed by atoms with Crippen LogP contribution in [0.2, 0.25) is 0 Å². The number of ether oxygens (including phenoxy) is 1. The topological polar surface area (TPSA) is 9.23 Å². The number of benzene rings is 4. The van der Waals surface area contributed by atoms with Crippen molar-refractivity contribution in [3.63, 3.8) is 0 Å². The molecule has 0 aliphatic heterocycles. The van der Waals surface area contributed by atoms with E-state index in [1.54, 1.807) is 0 Å². The molecule has 2 aliphatic rings. The fourth-order valence-electron chi connectivity index (χ4n) is 7.20. The minimum atomic E-state index is -0.129. The van der Waals surface area contributed by atoms with Gasteiger partial charge in [0.2, 0.25) is 0 Å². The SMILES string of the molecule is CC(C)(C)c1ccc2c(c1)Cc1cc(C(C)(C)C)cc(Oc3cc(C(C)(C)C)cc4c3-c3ccc(C(C)(C)C)cc3C4(C)C)c1-2. The molecular formula is C44H54O. The van der Waals surface area contributed by atoms with Gasteiger partial charge in [-0.2, -0.15) is 0 Å². The lowest BCUT2D eigenvalue weighted by Gasteiger charge is -2.28. The van der Waals surface area contributed by atoms with Crippen LogP contribution >= 0.6 is 0 Å². The first-order valence-corrected chi connectivity index (χ1v) is 16.9. The predicted octanol–water partition coefficient (Wildman–Crippen LogP) is 12.5. The van der Waals surface area contributed by atoms with Gasteiger partial charge in [0.15, 0.2) is 0 Å². The van der Waals surface area contributed by atoms with Gasteiger partial charge in [-0.15, -0.1) is 0 Å². The molecule has 0 radical (unpaired) electrons. The molecule has 236 valence electrons. The third kappa shape index (κ3) is 5.35. The molecule has 0 spiro atoms. The van der Waals surface area contributed by atoms with Crippen molar-refractivity contribution in [1.82, 2.24) is 0 Å². The molecule has 0 bridgehead atoms. The standard InChI is InChI=1S/C44H54O/c1-40(2,3)28-15-17-32-26(20-28)19-27-21-30(42(7,8)9)24-36(38(27)32)45-37-25-31(43(10,11)12)23-35-39(37)33-18-16-29(41(4,5)6)22-34(33)44(35,13)14/h15-18,20-25H,19H2,1-14H3. The zero-order valence-electron chi connectivity index (χ0n) is 30.4. The van der Waals surface area contributed by atoms with Crippen LogP contribution in [0.3, 0.4) is 0 Å². The molecule has 4 aromatic rings. The van der Waals surface area contributed by atoms with Crippen LogP contribution in [0.15, 0.2) is 60.7 Å². The van der Waals surface area contributed by atoms with Crippen molar-refractivity contribution in [3.05, 3.63) is 105 Å². The monoisotopic (exact) mass is 598 g/mol. The van der Waals surface area contributed by atoms with E-state index in [4.69, 9.17) is 4.74 Å². The van der Waals surface area contributed by atoms with Crippen molar-refractivity contribution in [1.29, 1.82) is 0 Å². The smallest absolute Gasteiger partial charge is 0.135 e. The van der Waals surface area contributed by atoms with Gasteiger partial charge >= 0.3 is 0 Å². The third-order valence-electron chi connectivity index (χ3n) is 10.4. The maximum Gasteiger partial charge on any atom is 0.135 e. The minimum Gasteiger partial charge on any atom is -0.456 e. The summed E-state index contributed by atoms with van der Waals surface area (Å²) < 4.78 is 7.34. The molecule has 6 rings (SSSR count). The molecule has 0 unspecified atom stereocenters. The zero-order chi connectivity index (χ0) is 33.1. The number of hydrogen-bond acceptors (Lipinski definition) is 1. The lowest BCUT2D eigenvalue weighted by molar-refractivity contribution is 0.476. The quantitative estimate of drug-likeness (QED) is 0.196. The van der Waals surface area contributed by atoms with Crippen molar-refractivity contribution < 1.29 is 4.74 Å². The van der Waals surface area contributed by atoms with E-state index in [9.17, 15) is 0 Å². The summed E-state index contributed by atoms with van der Waals surface area (Å²) >= 11 is 0. The first kappa shape index (κ1) is 31.7. The second kappa shape index (κ2) is 9.84. The summed E-state index contributed by atoms with van der Waals surface area (Å²) in [6, 6.07) is 23.8. The van der Waals surface area contributed by atoms with Gasteiger partial charge < -0.3 is 4.74 Å². The Kier molecular flexibility index (Phi) is 6.92.